The number of aromatic nitrogens is 4. The summed E-state index contributed by atoms with van der Waals surface area (Å²) in [4.78, 5) is 24.4. The van der Waals surface area contributed by atoms with Gasteiger partial charge in [0, 0.05) is 71.5 Å². The van der Waals surface area contributed by atoms with Gasteiger partial charge in [-0.2, -0.15) is 5.10 Å². The maximum Gasteiger partial charge on any atom is 0.275 e. The van der Waals surface area contributed by atoms with E-state index in [0.717, 1.165) is 64.6 Å². The second kappa shape index (κ2) is 11.4. The van der Waals surface area contributed by atoms with Crippen molar-refractivity contribution in [1.29, 1.82) is 0 Å². The molecule has 0 radical (unpaired) electrons. The number of anilines is 2. The van der Waals surface area contributed by atoms with Crippen molar-refractivity contribution >= 4 is 39.5 Å². The van der Waals surface area contributed by atoms with E-state index in [1.165, 1.54) is 11.3 Å². The van der Waals surface area contributed by atoms with E-state index in [1.807, 2.05) is 35.1 Å². The van der Waals surface area contributed by atoms with Gasteiger partial charge in [0.1, 0.15) is 10.7 Å². The molecule has 5 aromatic rings. The number of carbonyl (C=O) groups is 1. The molecule has 1 aliphatic rings. The molecule has 0 aliphatic carbocycles. The minimum absolute atomic E-state index is 0.281. The van der Waals surface area contributed by atoms with Crippen LogP contribution in [-0.4, -0.2) is 62.7 Å². The number of carbonyl (C=O) groups excluding carboxylic acids is 1. The van der Waals surface area contributed by atoms with Gasteiger partial charge >= 0.3 is 0 Å². The first kappa shape index (κ1) is 27.1. The zero-order chi connectivity index (χ0) is 28.4. The van der Waals surface area contributed by atoms with Crippen LogP contribution in [0.25, 0.3) is 32.6 Å². The quantitative estimate of drug-likeness (QED) is 0.256. The number of hydrogen-bond acceptors (Lipinski definition) is 8. The van der Waals surface area contributed by atoms with E-state index in [0.29, 0.717) is 24.3 Å². The molecule has 3 aromatic heterocycles. The van der Waals surface area contributed by atoms with Crippen molar-refractivity contribution in [3.05, 3.63) is 78.2 Å². The Morgan fingerprint density at radius 3 is 2.66 bits per heavy atom. The lowest BCUT2D eigenvalue weighted by molar-refractivity contribution is 0.0651. The summed E-state index contributed by atoms with van der Waals surface area (Å²) >= 11 is 1.41. The second-order valence-corrected chi connectivity index (χ2v) is 11.6. The highest BCUT2D eigenvalue weighted by Gasteiger charge is 2.18. The standard InChI is InChI=1S/C31H32N6O3S/c1-31(2,39)9-11-37-19-23-16-27(33-29(38)28-20-41-30(34-28)22-4-3-10-32-18-22)25(17-26(23)35-37)21-5-7-24(8-6-21)36-12-14-40-15-13-36/h3-8,10,16-20,39H,9,11-15H2,1-2H3,(H,33,38). The zero-order valence-electron chi connectivity index (χ0n) is 23.1. The van der Waals surface area contributed by atoms with Crippen LogP contribution in [0, 0.1) is 0 Å². The molecule has 4 heterocycles. The molecule has 1 saturated heterocycles. The molecule has 1 aliphatic heterocycles. The van der Waals surface area contributed by atoms with Gasteiger partial charge in [-0.25, -0.2) is 4.98 Å². The summed E-state index contributed by atoms with van der Waals surface area (Å²) in [5.41, 5.74) is 4.92. The van der Waals surface area contributed by atoms with Crippen molar-refractivity contribution in [3.63, 3.8) is 0 Å². The first-order chi connectivity index (χ1) is 19.8. The fourth-order valence-electron chi connectivity index (χ4n) is 4.83. The normalized spacial score (nSPS) is 14.0. The number of ether oxygens (including phenoxy) is 1. The van der Waals surface area contributed by atoms with E-state index in [-0.39, 0.29) is 5.91 Å². The van der Waals surface area contributed by atoms with Crippen LogP contribution in [-0.2, 0) is 11.3 Å². The molecule has 0 bridgehead atoms. The van der Waals surface area contributed by atoms with Gasteiger partial charge in [0.2, 0.25) is 0 Å². The highest BCUT2D eigenvalue weighted by Crippen LogP contribution is 2.34. The Balaban J connectivity index is 1.33. The molecule has 1 fully saturated rings. The number of fused-ring (bicyclic) bond motifs is 1. The van der Waals surface area contributed by atoms with Gasteiger partial charge in [-0.15, -0.1) is 11.3 Å². The molecule has 2 N–H and O–H groups in total. The van der Waals surface area contributed by atoms with Crippen LogP contribution < -0.4 is 10.2 Å². The van der Waals surface area contributed by atoms with E-state index < -0.39 is 5.60 Å². The molecule has 41 heavy (non-hydrogen) atoms. The molecular formula is C31H32N6O3S. The Kier molecular flexibility index (Phi) is 7.53. The number of rotatable bonds is 8. The number of morpholine rings is 1. The van der Waals surface area contributed by atoms with Gasteiger partial charge in [-0.1, -0.05) is 12.1 Å². The largest absolute Gasteiger partial charge is 0.390 e. The van der Waals surface area contributed by atoms with Crippen molar-refractivity contribution in [2.45, 2.75) is 32.4 Å². The molecule has 0 atom stereocenters. The van der Waals surface area contributed by atoms with Gasteiger partial charge in [0.15, 0.2) is 0 Å². The lowest BCUT2D eigenvalue weighted by Crippen LogP contribution is -2.36. The number of nitrogens with zero attached hydrogens (tertiary/aromatic N) is 5. The smallest absolute Gasteiger partial charge is 0.275 e. The first-order valence-corrected chi connectivity index (χ1v) is 14.5. The third kappa shape index (κ3) is 6.30. The molecule has 0 saturated carbocycles. The molecule has 9 nitrogen and oxygen atoms in total. The van der Waals surface area contributed by atoms with Crippen LogP contribution in [0.15, 0.2) is 72.5 Å². The van der Waals surface area contributed by atoms with Crippen LogP contribution in [0.2, 0.25) is 0 Å². The molecule has 210 valence electrons. The molecule has 1 amide bonds. The van der Waals surface area contributed by atoms with Crippen LogP contribution in [0.4, 0.5) is 11.4 Å². The summed E-state index contributed by atoms with van der Waals surface area (Å²) in [6, 6.07) is 16.1. The van der Waals surface area contributed by atoms with Crippen molar-refractivity contribution in [2.75, 3.05) is 36.5 Å². The molecular weight excluding hydrogens is 536 g/mol. The maximum absolute atomic E-state index is 13.4. The topological polar surface area (TPSA) is 105 Å². The minimum Gasteiger partial charge on any atom is -0.390 e. The summed E-state index contributed by atoms with van der Waals surface area (Å²) in [6.07, 6.45) is 5.97. The fourth-order valence-corrected chi connectivity index (χ4v) is 5.62. The molecule has 2 aromatic carbocycles. The number of nitrogens with one attached hydrogen (secondary N) is 1. The Bertz CT molecular complexity index is 1650. The number of aryl methyl sites for hydroxylation is 1. The van der Waals surface area contributed by atoms with Crippen molar-refractivity contribution in [2.24, 2.45) is 0 Å². The summed E-state index contributed by atoms with van der Waals surface area (Å²) in [6.45, 7) is 7.35. The Hall–Kier alpha value is -4.12. The van der Waals surface area contributed by atoms with Crippen LogP contribution in [0.3, 0.4) is 0 Å². The molecule has 6 rings (SSSR count). The molecule has 0 spiro atoms. The number of hydrogen-bond donors (Lipinski definition) is 2. The summed E-state index contributed by atoms with van der Waals surface area (Å²) in [5.74, 6) is -0.281. The highest BCUT2D eigenvalue weighted by molar-refractivity contribution is 7.13. The Morgan fingerprint density at radius 1 is 1.12 bits per heavy atom. The van der Waals surface area contributed by atoms with Crippen molar-refractivity contribution < 1.29 is 14.6 Å². The Labute approximate surface area is 242 Å². The van der Waals surface area contributed by atoms with Gasteiger partial charge in [-0.05, 0) is 62.2 Å². The summed E-state index contributed by atoms with van der Waals surface area (Å²) in [5, 5.41) is 21.5. The average Bonchev–Trinajstić information content (AvgIpc) is 3.64. The highest BCUT2D eigenvalue weighted by atomic mass is 32.1. The van der Waals surface area contributed by atoms with E-state index in [1.54, 1.807) is 31.6 Å². The van der Waals surface area contributed by atoms with Gasteiger partial charge in [-0.3, -0.25) is 14.5 Å². The van der Waals surface area contributed by atoms with Crippen molar-refractivity contribution in [3.8, 4) is 21.7 Å². The number of benzene rings is 2. The number of amides is 1. The minimum atomic E-state index is -0.785. The Morgan fingerprint density at radius 2 is 1.93 bits per heavy atom. The summed E-state index contributed by atoms with van der Waals surface area (Å²) < 4.78 is 7.34. The van der Waals surface area contributed by atoms with E-state index >= 15 is 0 Å². The second-order valence-electron chi connectivity index (χ2n) is 10.8. The van der Waals surface area contributed by atoms with E-state index in [4.69, 9.17) is 9.84 Å². The van der Waals surface area contributed by atoms with Crippen LogP contribution >= 0.6 is 11.3 Å². The third-order valence-electron chi connectivity index (χ3n) is 7.09. The molecule has 10 heteroatoms. The van der Waals surface area contributed by atoms with Crippen LogP contribution in [0.1, 0.15) is 30.8 Å². The van der Waals surface area contributed by atoms with Crippen LogP contribution in [0.5, 0.6) is 0 Å². The predicted molar refractivity (Wildman–Crippen MR) is 162 cm³/mol. The average molecular weight is 569 g/mol. The first-order valence-electron chi connectivity index (χ1n) is 13.7. The summed E-state index contributed by atoms with van der Waals surface area (Å²) in [7, 11) is 0. The van der Waals surface area contributed by atoms with Crippen molar-refractivity contribution in [1.82, 2.24) is 19.7 Å². The number of pyridine rings is 1. The third-order valence-corrected chi connectivity index (χ3v) is 7.98. The van der Waals surface area contributed by atoms with Gasteiger partial charge < -0.3 is 20.1 Å². The van der Waals surface area contributed by atoms with Gasteiger partial charge in [0.05, 0.1) is 24.3 Å². The lowest BCUT2D eigenvalue weighted by atomic mass is 10.0. The maximum atomic E-state index is 13.4. The monoisotopic (exact) mass is 568 g/mol. The number of thiazole rings is 1. The fraction of sp³-hybridized carbons (Fsp3) is 0.290. The molecule has 0 unspecified atom stereocenters. The van der Waals surface area contributed by atoms with Gasteiger partial charge in [0.25, 0.3) is 5.91 Å². The van der Waals surface area contributed by atoms with E-state index in [9.17, 15) is 9.90 Å². The number of aliphatic hydroxyl groups is 1. The predicted octanol–water partition coefficient (Wildman–Crippen LogP) is 5.47. The lowest BCUT2D eigenvalue weighted by Gasteiger charge is -2.29. The SMILES string of the molecule is CC(C)(O)CCn1cc2cc(NC(=O)c3csc(-c4cccnc4)n3)c(-c3ccc(N4CCOCC4)cc3)cc2n1. The zero-order valence-corrected chi connectivity index (χ0v) is 23.9. The van der Waals surface area contributed by atoms with E-state index in [2.05, 4.69) is 44.5 Å².